The number of ether oxygens (including phenoxy) is 1. The van der Waals surface area contributed by atoms with E-state index in [0.717, 1.165) is 10.9 Å². The van der Waals surface area contributed by atoms with Gasteiger partial charge in [0.2, 0.25) is 0 Å². The summed E-state index contributed by atoms with van der Waals surface area (Å²) in [7, 11) is 0. The molecule has 0 unspecified atom stereocenters. The molecule has 0 fully saturated rings. The van der Waals surface area contributed by atoms with Crippen LogP contribution in [0.5, 0.6) is 0 Å². The number of halogens is 1. The van der Waals surface area contributed by atoms with Gasteiger partial charge in [-0.1, -0.05) is 15.9 Å². The minimum Gasteiger partial charge on any atom is -0.462 e. The standard InChI is InChI=1S/C12H13BrN2O2/c13-10-6-9(7-11(15)8-10)12(16)17-5-3-1-2-4-14/h6-8H,1-3,5,15H2. The lowest BCUT2D eigenvalue weighted by Crippen LogP contribution is -2.07. The van der Waals surface area contributed by atoms with Crippen molar-refractivity contribution in [1.82, 2.24) is 0 Å². The van der Waals surface area contributed by atoms with Crippen LogP contribution in [0.2, 0.25) is 0 Å². The Hall–Kier alpha value is -1.54. The largest absolute Gasteiger partial charge is 0.462 e. The van der Waals surface area contributed by atoms with E-state index >= 15 is 0 Å². The summed E-state index contributed by atoms with van der Waals surface area (Å²) in [5.41, 5.74) is 6.56. The van der Waals surface area contributed by atoms with E-state index in [-0.39, 0.29) is 0 Å². The Balaban J connectivity index is 2.44. The zero-order chi connectivity index (χ0) is 12.7. The van der Waals surface area contributed by atoms with Crippen molar-refractivity contribution >= 4 is 27.6 Å². The SMILES string of the molecule is N#CCCCCOC(=O)c1cc(N)cc(Br)c1. The summed E-state index contributed by atoms with van der Waals surface area (Å²) in [6.07, 6.45) is 1.93. The van der Waals surface area contributed by atoms with Crippen LogP contribution in [-0.4, -0.2) is 12.6 Å². The van der Waals surface area contributed by atoms with Gasteiger partial charge < -0.3 is 10.5 Å². The van der Waals surface area contributed by atoms with Crippen LogP contribution >= 0.6 is 15.9 Å². The van der Waals surface area contributed by atoms with Crippen molar-refractivity contribution in [3.05, 3.63) is 28.2 Å². The smallest absolute Gasteiger partial charge is 0.338 e. The van der Waals surface area contributed by atoms with E-state index < -0.39 is 5.97 Å². The van der Waals surface area contributed by atoms with Crippen LogP contribution in [0.4, 0.5) is 5.69 Å². The number of hydrogen-bond acceptors (Lipinski definition) is 4. The number of nitrogens with two attached hydrogens (primary N) is 1. The van der Waals surface area contributed by atoms with Crippen LogP contribution in [0, 0.1) is 11.3 Å². The molecule has 0 aliphatic rings. The highest BCUT2D eigenvalue weighted by Gasteiger charge is 2.08. The monoisotopic (exact) mass is 296 g/mol. The topological polar surface area (TPSA) is 76.1 Å². The first kappa shape index (κ1) is 13.5. The van der Waals surface area contributed by atoms with Gasteiger partial charge in [0.05, 0.1) is 18.2 Å². The Kier molecular flexibility index (Phi) is 5.50. The number of nitrogen functional groups attached to an aromatic ring is 1. The van der Waals surface area contributed by atoms with Gasteiger partial charge in [0.25, 0.3) is 0 Å². The Morgan fingerprint density at radius 3 is 2.82 bits per heavy atom. The molecule has 0 saturated carbocycles. The molecule has 0 aromatic heterocycles. The second-order valence-corrected chi connectivity index (χ2v) is 4.44. The van der Waals surface area contributed by atoms with Crippen molar-refractivity contribution in [2.75, 3.05) is 12.3 Å². The summed E-state index contributed by atoms with van der Waals surface area (Å²) >= 11 is 3.26. The number of rotatable bonds is 5. The number of esters is 1. The normalized spacial score (nSPS) is 9.65. The molecule has 0 aliphatic heterocycles. The van der Waals surface area contributed by atoms with Crippen LogP contribution in [0.3, 0.4) is 0 Å². The Morgan fingerprint density at radius 1 is 1.41 bits per heavy atom. The fourth-order valence-electron chi connectivity index (χ4n) is 1.28. The summed E-state index contributed by atoms with van der Waals surface area (Å²) in [6, 6.07) is 6.98. The van der Waals surface area contributed by atoms with E-state index in [1.807, 2.05) is 6.07 Å². The fourth-order valence-corrected chi connectivity index (χ4v) is 1.80. The van der Waals surface area contributed by atoms with Gasteiger partial charge in [-0.05, 0) is 31.0 Å². The van der Waals surface area contributed by atoms with Crippen molar-refractivity contribution in [1.29, 1.82) is 5.26 Å². The summed E-state index contributed by atoms with van der Waals surface area (Å²) < 4.78 is 5.80. The summed E-state index contributed by atoms with van der Waals surface area (Å²) in [5.74, 6) is -0.394. The molecule has 2 N–H and O–H groups in total. The molecule has 0 saturated heterocycles. The molecule has 0 radical (unpaired) electrons. The molecule has 0 amide bonds. The minimum absolute atomic E-state index is 0.326. The average Bonchev–Trinajstić information content (AvgIpc) is 2.27. The maximum Gasteiger partial charge on any atom is 0.338 e. The van der Waals surface area contributed by atoms with Crippen molar-refractivity contribution in [2.24, 2.45) is 0 Å². The lowest BCUT2D eigenvalue weighted by Gasteiger charge is -2.05. The highest BCUT2D eigenvalue weighted by atomic mass is 79.9. The zero-order valence-electron chi connectivity index (χ0n) is 9.28. The van der Waals surface area contributed by atoms with Gasteiger partial charge in [-0.15, -0.1) is 0 Å². The van der Waals surface area contributed by atoms with Crippen LogP contribution in [0.15, 0.2) is 22.7 Å². The van der Waals surface area contributed by atoms with Gasteiger partial charge in [0.15, 0.2) is 0 Å². The maximum absolute atomic E-state index is 11.6. The van der Waals surface area contributed by atoms with Gasteiger partial charge in [-0.3, -0.25) is 0 Å². The van der Waals surface area contributed by atoms with Gasteiger partial charge in [-0.25, -0.2) is 4.79 Å². The van der Waals surface area contributed by atoms with E-state index in [4.69, 9.17) is 15.7 Å². The summed E-state index contributed by atoms with van der Waals surface area (Å²) in [6.45, 7) is 0.326. The molecule has 1 aromatic carbocycles. The van der Waals surface area contributed by atoms with Gasteiger partial charge in [0.1, 0.15) is 0 Å². The van der Waals surface area contributed by atoms with E-state index in [0.29, 0.717) is 30.7 Å². The van der Waals surface area contributed by atoms with Crippen molar-refractivity contribution in [2.45, 2.75) is 19.3 Å². The lowest BCUT2D eigenvalue weighted by atomic mass is 10.2. The Labute approximate surface area is 108 Å². The summed E-state index contributed by atoms with van der Waals surface area (Å²) in [5, 5.41) is 8.34. The van der Waals surface area contributed by atoms with Crippen molar-refractivity contribution in [3.63, 3.8) is 0 Å². The number of carbonyl (C=O) groups excluding carboxylic acids is 1. The third-order valence-electron chi connectivity index (χ3n) is 2.07. The minimum atomic E-state index is -0.394. The molecule has 90 valence electrons. The van der Waals surface area contributed by atoms with E-state index in [1.165, 1.54) is 0 Å². The molecular weight excluding hydrogens is 284 g/mol. The number of nitriles is 1. The Bertz CT molecular complexity index is 420. The molecule has 0 atom stereocenters. The van der Waals surface area contributed by atoms with E-state index in [1.54, 1.807) is 18.2 Å². The molecule has 0 bridgehead atoms. The number of anilines is 1. The fraction of sp³-hybridized carbons (Fsp3) is 0.333. The lowest BCUT2D eigenvalue weighted by molar-refractivity contribution is 0.0499. The van der Waals surface area contributed by atoms with Crippen LogP contribution < -0.4 is 5.73 Å². The average molecular weight is 297 g/mol. The molecule has 17 heavy (non-hydrogen) atoms. The molecule has 5 heteroatoms. The molecular formula is C12H13BrN2O2. The molecule has 0 spiro atoms. The third-order valence-corrected chi connectivity index (χ3v) is 2.53. The molecule has 4 nitrogen and oxygen atoms in total. The third kappa shape index (κ3) is 4.87. The van der Waals surface area contributed by atoms with E-state index in [2.05, 4.69) is 15.9 Å². The maximum atomic E-state index is 11.6. The predicted molar refractivity (Wildman–Crippen MR) is 68.3 cm³/mol. The molecule has 0 aliphatic carbocycles. The predicted octanol–water partition coefficient (Wildman–Crippen LogP) is 2.88. The van der Waals surface area contributed by atoms with Gasteiger partial charge in [-0.2, -0.15) is 5.26 Å². The van der Waals surface area contributed by atoms with Crippen molar-refractivity contribution < 1.29 is 9.53 Å². The van der Waals surface area contributed by atoms with Crippen LogP contribution in [0.25, 0.3) is 0 Å². The Morgan fingerprint density at radius 2 is 2.18 bits per heavy atom. The highest BCUT2D eigenvalue weighted by Crippen LogP contribution is 2.18. The van der Waals surface area contributed by atoms with Gasteiger partial charge in [0, 0.05) is 16.6 Å². The first-order valence-electron chi connectivity index (χ1n) is 5.23. The first-order chi connectivity index (χ1) is 8.13. The second-order valence-electron chi connectivity index (χ2n) is 3.52. The molecule has 1 aromatic rings. The second kappa shape index (κ2) is 6.92. The van der Waals surface area contributed by atoms with Crippen LogP contribution in [0.1, 0.15) is 29.6 Å². The first-order valence-corrected chi connectivity index (χ1v) is 6.03. The number of carbonyl (C=O) groups is 1. The number of hydrogen-bond donors (Lipinski definition) is 1. The van der Waals surface area contributed by atoms with E-state index in [9.17, 15) is 4.79 Å². The quantitative estimate of drug-likeness (QED) is 0.515. The molecule has 1 rings (SSSR count). The highest BCUT2D eigenvalue weighted by molar-refractivity contribution is 9.10. The molecule has 0 heterocycles. The number of benzene rings is 1. The number of nitrogens with zero attached hydrogens (tertiary/aromatic N) is 1. The van der Waals surface area contributed by atoms with Gasteiger partial charge >= 0.3 is 5.97 Å². The summed E-state index contributed by atoms with van der Waals surface area (Å²) in [4.78, 5) is 11.6. The van der Waals surface area contributed by atoms with Crippen molar-refractivity contribution in [3.8, 4) is 6.07 Å². The number of unbranched alkanes of at least 4 members (excludes halogenated alkanes) is 2. The van der Waals surface area contributed by atoms with Crippen LogP contribution in [-0.2, 0) is 4.74 Å². The zero-order valence-corrected chi connectivity index (χ0v) is 10.9.